The molecule has 1 heterocycles. The SMILES string of the molecule is CN(c1cccnc1)c1cc(F)cc(NC(=O)c2cccc(C#N)c2)c1. The Morgan fingerprint density at radius 3 is 2.73 bits per heavy atom. The zero-order chi connectivity index (χ0) is 18.5. The summed E-state index contributed by atoms with van der Waals surface area (Å²) in [6.07, 6.45) is 3.32. The highest BCUT2D eigenvalue weighted by molar-refractivity contribution is 6.04. The van der Waals surface area contributed by atoms with Gasteiger partial charge in [-0.05, 0) is 48.5 Å². The molecule has 128 valence electrons. The Bertz CT molecular complexity index is 983. The van der Waals surface area contributed by atoms with Crippen LogP contribution < -0.4 is 10.2 Å². The molecule has 0 saturated carbocycles. The van der Waals surface area contributed by atoms with Crippen molar-refractivity contribution >= 4 is 23.0 Å². The van der Waals surface area contributed by atoms with Crippen LogP contribution in [0, 0.1) is 17.1 Å². The minimum Gasteiger partial charge on any atom is -0.343 e. The van der Waals surface area contributed by atoms with Gasteiger partial charge in [-0.2, -0.15) is 5.26 Å². The second-order valence-electron chi connectivity index (χ2n) is 5.62. The van der Waals surface area contributed by atoms with Gasteiger partial charge in [0.15, 0.2) is 0 Å². The molecule has 0 radical (unpaired) electrons. The van der Waals surface area contributed by atoms with Gasteiger partial charge in [0.25, 0.3) is 5.91 Å². The van der Waals surface area contributed by atoms with E-state index in [0.29, 0.717) is 22.5 Å². The summed E-state index contributed by atoms with van der Waals surface area (Å²) in [4.78, 5) is 18.2. The number of aromatic nitrogens is 1. The molecule has 2 aromatic carbocycles. The van der Waals surface area contributed by atoms with Gasteiger partial charge in [0.1, 0.15) is 5.82 Å². The lowest BCUT2D eigenvalue weighted by Crippen LogP contribution is -2.14. The lowest BCUT2D eigenvalue weighted by atomic mass is 10.1. The topological polar surface area (TPSA) is 69.0 Å². The van der Waals surface area contributed by atoms with Crippen LogP contribution in [0.4, 0.5) is 21.5 Å². The third kappa shape index (κ3) is 3.84. The largest absolute Gasteiger partial charge is 0.343 e. The number of halogens is 1. The van der Waals surface area contributed by atoms with Gasteiger partial charge >= 0.3 is 0 Å². The van der Waals surface area contributed by atoms with E-state index in [1.807, 2.05) is 12.1 Å². The molecule has 0 fully saturated rings. The second-order valence-corrected chi connectivity index (χ2v) is 5.62. The number of rotatable bonds is 4. The maximum absolute atomic E-state index is 14.0. The Kier molecular flexibility index (Phi) is 4.90. The molecule has 0 bridgehead atoms. The van der Waals surface area contributed by atoms with Gasteiger partial charge in [-0.15, -0.1) is 0 Å². The predicted octanol–water partition coefficient (Wildman–Crippen LogP) is 4.11. The van der Waals surface area contributed by atoms with Crippen LogP contribution >= 0.6 is 0 Å². The number of carbonyl (C=O) groups is 1. The molecule has 0 saturated heterocycles. The molecule has 0 atom stereocenters. The molecule has 0 aliphatic carbocycles. The van der Waals surface area contributed by atoms with Crippen molar-refractivity contribution in [3.05, 3.63) is 83.9 Å². The van der Waals surface area contributed by atoms with Gasteiger partial charge in [-0.25, -0.2) is 4.39 Å². The molecule has 3 aromatic rings. The summed E-state index contributed by atoms with van der Waals surface area (Å²) in [7, 11) is 1.79. The van der Waals surface area contributed by atoms with Crippen LogP contribution in [0.2, 0.25) is 0 Å². The number of amides is 1. The van der Waals surface area contributed by atoms with Crippen LogP contribution in [0.25, 0.3) is 0 Å². The fourth-order valence-corrected chi connectivity index (χ4v) is 2.47. The number of pyridine rings is 1. The molecule has 6 heteroatoms. The molecule has 1 N–H and O–H groups in total. The van der Waals surface area contributed by atoms with E-state index in [9.17, 15) is 9.18 Å². The lowest BCUT2D eigenvalue weighted by molar-refractivity contribution is 0.102. The first-order chi connectivity index (χ1) is 12.6. The van der Waals surface area contributed by atoms with Crippen molar-refractivity contribution in [2.24, 2.45) is 0 Å². The van der Waals surface area contributed by atoms with E-state index in [1.54, 1.807) is 54.7 Å². The summed E-state index contributed by atoms with van der Waals surface area (Å²) in [5.41, 5.74) is 2.39. The maximum Gasteiger partial charge on any atom is 0.255 e. The van der Waals surface area contributed by atoms with E-state index < -0.39 is 11.7 Å². The number of carbonyl (C=O) groups excluding carboxylic acids is 1. The van der Waals surface area contributed by atoms with Crippen molar-refractivity contribution in [2.75, 3.05) is 17.3 Å². The molecule has 1 aromatic heterocycles. The van der Waals surface area contributed by atoms with Gasteiger partial charge in [-0.1, -0.05) is 6.07 Å². The third-order valence-electron chi connectivity index (χ3n) is 3.81. The van der Waals surface area contributed by atoms with E-state index in [0.717, 1.165) is 5.69 Å². The first kappa shape index (κ1) is 17.1. The Morgan fingerprint density at radius 1 is 1.15 bits per heavy atom. The Balaban J connectivity index is 1.86. The van der Waals surface area contributed by atoms with Crippen molar-refractivity contribution in [1.82, 2.24) is 4.98 Å². The van der Waals surface area contributed by atoms with Crippen LogP contribution in [0.1, 0.15) is 15.9 Å². The third-order valence-corrected chi connectivity index (χ3v) is 3.81. The number of hydrogen-bond donors (Lipinski definition) is 1. The van der Waals surface area contributed by atoms with E-state index in [4.69, 9.17) is 5.26 Å². The van der Waals surface area contributed by atoms with E-state index >= 15 is 0 Å². The quantitative estimate of drug-likeness (QED) is 0.772. The second kappa shape index (κ2) is 7.45. The monoisotopic (exact) mass is 346 g/mol. The van der Waals surface area contributed by atoms with Crippen molar-refractivity contribution in [3.63, 3.8) is 0 Å². The summed E-state index contributed by atoms with van der Waals surface area (Å²) < 4.78 is 14.0. The minimum atomic E-state index is -0.473. The van der Waals surface area contributed by atoms with Crippen molar-refractivity contribution in [1.29, 1.82) is 5.26 Å². The lowest BCUT2D eigenvalue weighted by Gasteiger charge is -2.20. The molecule has 0 unspecified atom stereocenters. The zero-order valence-electron chi connectivity index (χ0n) is 14.0. The Morgan fingerprint density at radius 2 is 2.00 bits per heavy atom. The molecule has 26 heavy (non-hydrogen) atoms. The molecule has 1 amide bonds. The highest BCUT2D eigenvalue weighted by Crippen LogP contribution is 2.27. The number of nitrogens with zero attached hydrogens (tertiary/aromatic N) is 3. The van der Waals surface area contributed by atoms with Gasteiger partial charge < -0.3 is 10.2 Å². The van der Waals surface area contributed by atoms with Crippen LogP contribution in [0.5, 0.6) is 0 Å². The highest BCUT2D eigenvalue weighted by Gasteiger charge is 2.11. The maximum atomic E-state index is 14.0. The number of nitrogens with one attached hydrogen (secondary N) is 1. The number of nitriles is 1. The molecule has 3 rings (SSSR count). The minimum absolute atomic E-state index is 0.322. The van der Waals surface area contributed by atoms with Crippen molar-refractivity contribution in [3.8, 4) is 6.07 Å². The number of benzene rings is 2. The van der Waals surface area contributed by atoms with Crippen LogP contribution in [0.15, 0.2) is 67.0 Å². The fourth-order valence-electron chi connectivity index (χ4n) is 2.47. The van der Waals surface area contributed by atoms with Crippen LogP contribution in [-0.2, 0) is 0 Å². The van der Waals surface area contributed by atoms with Gasteiger partial charge in [-0.3, -0.25) is 9.78 Å². The highest BCUT2D eigenvalue weighted by atomic mass is 19.1. The van der Waals surface area contributed by atoms with E-state index in [-0.39, 0.29) is 0 Å². The summed E-state index contributed by atoms with van der Waals surface area (Å²) in [6, 6.07) is 16.2. The zero-order valence-corrected chi connectivity index (χ0v) is 14.0. The summed E-state index contributed by atoms with van der Waals surface area (Å²) >= 11 is 0. The molecule has 0 aliphatic rings. The Labute approximate surface area is 150 Å². The van der Waals surface area contributed by atoms with Crippen LogP contribution in [-0.4, -0.2) is 17.9 Å². The molecular formula is C20H15FN4O. The van der Waals surface area contributed by atoms with E-state index in [2.05, 4.69) is 10.3 Å². The average Bonchev–Trinajstić information content (AvgIpc) is 2.67. The molecule has 0 spiro atoms. The first-order valence-electron chi connectivity index (χ1n) is 7.82. The van der Waals surface area contributed by atoms with Crippen molar-refractivity contribution in [2.45, 2.75) is 0 Å². The number of hydrogen-bond acceptors (Lipinski definition) is 4. The number of anilines is 3. The summed E-state index contributed by atoms with van der Waals surface area (Å²) in [5.74, 6) is -0.887. The standard InChI is InChI=1S/C20H15FN4O/c1-25(18-6-3-7-23-13-18)19-10-16(21)9-17(11-19)24-20(26)15-5-2-4-14(8-15)12-22/h2-11,13H,1H3,(H,24,26). The van der Waals surface area contributed by atoms with Gasteiger partial charge in [0, 0.05) is 30.2 Å². The average molecular weight is 346 g/mol. The molecule has 0 aliphatic heterocycles. The van der Waals surface area contributed by atoms with Gasteiger partial charge in [0.05, 0.1) is 23.5 Å². The van der Waals surface area contributed by atoms with Gasteiger partial charge in [0.2, 0.25) is 0 Å². The predicted molar refractivity (Wildman–Crippen MR) is 97.8 cm³/mol. The normalized spacial score (nSPS) is 10.0. The molecular weight excluding hydrogens is 331 g/mol. The van der Waals surface area contributed by atoms with Crippen LogP contribution in [0.3, 0.4) is 0 Å². The van der Waals surface area contributed by atoms with E-state index in [1.165, 1.54) is 18.2 Å². The first-order valence-corrected chi connectivity index (χ1v) is 7.82. The summed E-state index contributed by atoms with van der Waals surface area (Å²) in [5, 5.41) is 11.6. The smallest absolute Gasteiger partial charge is 0.255 e. The molecule has 5 nitrogen and oxygen atoms in total. The summed E-state index contributed by atoms with van der Waals surface area (Å²) in [6.45, 7) is 0. The van der Waals surface area contributed by atoms with Crippen molar-refractivity contribution < 1.29 is 9.18 Å². The fraction of sp³-hybridized carbons (Fsp3) is 0.0500. The Hall–Kier alpha value is -3.72.